The molecule has 0 saturated carbocycles. The fraction of sp³-hybridized carbons (Fsp3) is 0.167. The Balaban J connectivity index is 2.14. The third kappa shape index (κ3) is 3.00. The Morgan fingerprint density at radius 1 is 1.50 bits per heavy atom. The number of rotatable bonds is 4. The number of hydrogen-bond donors (Lipinski definition) is 2. The molecule has 6 heteroatoms. The number of nitrogens with one attached hydrogen (secondary N) is 1. The predicted octanol–water partition coefficient (Wildman–Crippen LogP) is 3.07. The predicted molar refractivity (Wildman–Crippen MR) is 74.1 cm³/mol. The molecule has 2 aromatic heterocycles. The van der Waals surface area contributed by atoms with Gasteiger partial charge in [-0.3, -0.25) is 9.78 Å². The summed E-state index contributed by atoms with van der Waals surface area (Å²) in [6.45, 7) is 2.02. The van der Waals surface area contributed by atoms with E-state index < -0.39 is 5.91 Å². The topological polar surface area (TPSA) is 68.0 Å². The average Bonchev–Trinajstić information content (AvgIpc) is 2.76. The number of halogens is 1. The number of pyridine rings is 1. The summed E-state index contributed by atoms with van der Waals surface area (Å²) in [6, 6.07) is 7.36. The monoisotopic (exact) mass is 281 g/mol. The van der Waals surface area contributed by atoms with Gasteiger partial charge in [-0.1, -0.05) is 11.6 Å². The standard InChI is InChI=1S/C12H12ClN3OS/c1-7(10-2-3-11(13)18-10)16-8-4-5-15-9(6-8)12(14)17/h2-7H,1H3,(H2,14,17)(H,15,16). The highest BCUT2D eigenvalue weighted by atomic mass is 35.5. The zero-order chi connectivity index (χ0) is 13.1. The number of aromatic nitrogens is 1. The molecular weight excluding hydrogens is 270 g/mol. The van der Waals surface area contributed by atoms with Crippen molar-refractivity contribution in [3.63, 3.8) is 0 Å². The molecule has 0 fully saturated rings. The number of carbonyl (C=O) groups is 1. The number of primary amides is 1. The van der Waals surface area contributed by atoms with Gasteiger partial charge in [-0.05, 0) is 31.2 Å². The van der Waals surface area contributed by atoms with Crippen LogP contribution in [0, 0.1) is 0 Å². The van der Waals surface area contributed by atoms with Crippen molar-refractivity contribution >= 4 is 34.5 Å². The average molecular weight is 282 g/mol. The molecule has 1 unspecified atom stereocenters. The highest BCUT2D eigenvalue weighted by molar-refractivity contribution is 7.16. The van der Waals surface area contributed by atoms with Gasteiger partial charge < -0.3 is 11.1 Å². The van der Waals surface area contributed by atoms with Crippen molar-refractivity contribution in [3.05, 3.63) is 45.4 Å². The van der Waals surface area contributed by atoms with E-state index in [2.05, 4.69) is 10.3 Å². The van der Waals surface area contributed by atoms with E-state index in [1.54, 1.807) is 18.3 Å². The van der Waals surface area contributed by atoms with Crippen LogP contribution in [-0.4, -0.2) is 10.9 Å². The Kier molecular flexibility index (Phi) is 3.84. The van der Waals surface area contributed by atoms with Gasteiger partial charge in [0.05, 0.1) is 10.4 Å². The van der Waals surface area contributed by atoms with Crippen LogP contribution in [0.25, 0.3) is 0 Å². The van der Waals surface area contributed by atoms with Gasteiger partial charge in [-0.2, -0.15) is 0 Å². The Labute approximate surface area is 114 Å². The number of nitrogens with two attached hydrogens (primary N) is 1. The highest BCUT2D eigenvalue weighted by Crippen LogP contribution is 2.28. The molecule has 0 saturated heterocycles. The smallest absolute Gasteiger partial charge is 0.267 e. The number of carbonyl (C=O) groups excluding carboxylic acids is 1. The maximum atomic E-state index is 11.0. The zero-order valence-corrected chi connectivity index (χ0v) is 11.3. The molecule has 4 nitrogen and oxygen atoms in total. The van der Waals surface area contributed by atoms with Gasteiger partial charge in [0.1, 0.15) is 5.69 Å². The number of thiophene rings is 1. The summed E-state index contributed by atoms with van der Waals surface area (Å²) in [5.41, 5.74) is 6.23. The lowest BCUT2D eigenvalue weighted by molar-refractivity contribution is 0.0995. The summed E-state index contributed by atoms with van der Waals surface area (Å²) in [5, 5.41) is 3.27. The third-order valence-corrected chi connectivity index (χ3v) is 3.83. The summed E-state index contributed by atoms with van der Waals surface area (Å²) in [6.07, 6.45) is 1.55. The highest BCUT2D eigenvalue weighted by Gasteiger charge is 2.09. The number of nitrogens with zero attached hydrogens (tertiary/aromatic N) is 1. The maximum absolute atomic E-state index is 11.0. The molecule has 0 aromatic carbocycles. The molecule has 2 heterocycles. The number of amides is 1. The molecule has 0 aliphatic heterocycles. The minimum atomic E-state index is -0.537. The zero-order valence-electron chi connectivity index (χ0n) is 9.68. The van der Waals surface area contributed by atoms with Crippen molar-refractivity contribution in [1.82, 2.24) is 4.98 Å². The van der Waals surface area contributed by atoms with Gasteiger partial charge >= 0.3 is 0 Å². The largest absolute Gasteiger partial charge is 0.378 e. The summed E-state index contributed by atoms with van der Waals surface area (Å²) in [7, 11) is 0. The molecule has 0 aliphatic rings. The molecule has 0 spiro atoms. The SMILES string of the molecule is CC(Nc1ccnc(C(N)=O)c1)c1ccc(Cl)s1. The fourth-order valence-electron chi connectivity index (χ4n) is 1.54. The number of anilines is 1. The van der Waals surface area contributed by atoms with E-state index in [-0.39, 0.29) is 11.7 Å². The molecule has 2 rings (SSSR count). The Morgan fingerprint density at radius 3 is 2.89 bits per heavy atom. The molecule has 0 radical (unpaired) electrons. The van der Waals surface area contributed by atoms with E-state index in [0.29, 0.717) is 0 Å². The summed E-state index contributed by atoms with van der Waals surface area (Å²) in [5.74, 6) is -0.537. The van der Waals surface area contributed by atoms with E-state index in [0.717, 1.165) is 14.9 Å². The molecule has 2 aromatic rings. The molecule has 18 heavy (non-hydrogen) atoms. The lowest BCUT2D eigenvalue weighted by Crippen LogP contribution is -2.13. The normalized spacial score (nSPS) is 12.1. The van der Waals surface area contributed by atoms with Crippen LogP contribution in [0.1, 0.15) is 28.3 Å². The summed E-state index contributed by atoms with van der Waals surface area (Å²) >= 11 is 7.42. The summed E-state index contributed by atoms with van der Waals surface area (Å²) < 4.78 is 0.756. The van der Waals surface area contributed by atoms with Crippen LogP contribution < -0.4 is 11.1 Å². The molecule has 3 N–H and O–H groups in total. The quantitative estimate of drug-likeness (QED) is 0.905. The first-order valence-corrected chi connectivity index (χ1v) is 6.53. The second-order valence-corrected chi connectivity index (χ2v) is 5.55. The van der Waals surface area contributed by atoms with Gasteiger partial charge in [-0.15, -0.1) is 11.3 Å². The molecule has 1 atom stereocenters. The van der Waals surface area contributed by atoms with Crippen molar-refractivity contribution in [2.75, 3.05) is 5.32 Å². The Bertz CT molecular complexity index is 570. The van der Waals surface area contributed by atoms with E-state index in [9.17, 15) is 4.79 Å². The van der Waals surface area contributed by atoms with Crippen LogP contribution in [0.2, 0.25) is 4.34 Å². The molecule has 1 amide bonds. The lowest BCUT2D eigenvalue weighted by Gasteiger charge is -2.13. The van der Waals surface area contributed by atoms with Crippen LogP contribution in [0.3, 0.4) is 0 Å². The van der Waals surface area contributed by atoms with Crippen molar-refractivity contribution < 1.29 is 4.79 Å². The fourth-order valence-corrected chi connectivity index (χ4v) is 2.60. The van der Waals surface area contributed by atoms with E-state index in [4.69, 9.17) is 17.3 Å². The first-order chi connectivity index (χ1) is 8.56. The second-order valence-electron chi connectivity index (χ2n) is 3.80. The van der Waals surface area contributed by atoms with E-state index in [1.807, 2.05) is 19.1 Å². The number of hydrogen-bond acceptors (Lipinski definition) is 4. The molecular formula is C12H12ClN3OS. The second kappa shape index (κ2) is 5.37. The summed E-state index contributed by atoms with van der Waals surface area (Å²) in [4.78, 5) is 16.0. The minimum Gasteiger partial charge on any atom is -0.378 e. The minimum absolute atomic E-state index is 0.102. The molecule has 0 aliphatic carbocycles. The maximum Gasteiger partial charge on any atom is 0.267 e. The van der Waals surface area contributed by atoms with Crippen molar-refractivity contribution in [2.45, 2.75) is 13.0 Å². The van der Waals surface area contributed by atoms with E-state index >= 15 is 0 Å². The van der Waals surface area contributed by atoms with Gasteiger partial charge in [0.2, 0.25) is 0 Å². The van der Waals surface area contributed by atoms with Gasteiger partial charge in [-0.25, -0.2) is 0 Å². The van der Waals surface area contributed by atoms with E-state index in [1.165, 1.54) is 11.3 Å². The first-order valence-electron chi connectivity index (χ1n) is 5.34. The van der Waals surface area contributed by atoms with Crippen molar-refractivity contribution in [2.24, 2.45) is 5.73 Å². The van der Waals surface area contributed by atoms with Crippen LogP contribution in [0.5, 0.6) is 0 Å². The van der Waals surface area contributed by atoms with Gasteiger partial charge in [0.25, 0.3) is 5.91 Å². The van der Waals surface area contributed by atoms with Crippen LogP contribution in [0.4, 0.5) is 5.69 Å². The van der Waals surface area contributed by atoms with Gasteiger partial charge in [0.15, 0.2) is 0 Å². The van der Waals surface area contributed by atoms with Crippen molar-refractivity contribution in [1.29, 1.82) is 0 Å². The molecule has 94 valence electrons. The van der Waals surface area contributed by atoms with Crippen LogP contribution in [0.15, 0.2) is 30.5 Å². The first kappa shape index (κ1) is 12.9. The van der Waals surface area contributed by atoms with Gasteiger partial charge in [0, 0.05) is 16.8 Å². The lowest BCUT2D eigenvalue weighted by atomic mass is 10.2. The van der Waals surface area contributed by atoms with Crippen LogP contribution in [-0.2, 0) is 0 Å². The van der Waals surface area contributed by atoms with Crippen LogP contribution >= 0.6 is 22.9 Å². The Hall–Kier alpha value is -1.59. The van der Waals surface area contributed by atoms with Crippen molar-refractivity contribution in [3.8, 4) is 0 Å². The Morgan fingerprint density at radius 2 is 2.28 bits per heavy atom. The molecule has 0 bridgehead atoms. The third-order valence-electron chi connectivity index (χ3n) is 2.42.